The third-order valence-corrected chi connectivity index (χ3v) is 2.97. The Hall–Kier alpha value is -1.16. The van der Waals surface area contributed by atoms with E-state index in [0.29, 0.717) is 12.1 Å². The van der Waals surface area contributed by atoms with Crippen LogP contribution in [0.4, 0.5) is 0 Å². The van der Waals surface area contributed by atoms with Crippen LogP contribution in [-0.2, 0) is 14.3 Å². The molecule has 1 fully saturated rings. The van der Waals surface area contributed by atoms with Gasteiger partial charge in [-0.2, -0.15) is 0 Å². The molecule has 1 unspecified atom stereocenters. The Kier molecular flexibility index (Phi) is 2.19. The maximum Gasteiger partial charge on any atom is 0.256 e. The van der Waals surface area contributed by atoms with Crippen LogP contribution in [0.15, 0.2) is 11.6 Å². The third kappa shape index (κ3) is 1.81. The van der Waals surface area contributed by atoms with Crippen LogP contribution in [0, 0.1) is 0 Å². The van der Waals surface area contributed by atoms with Crippen LogP contribution in [0.5, 0.6) is 0 Å². The molecule has 0 aliphatic carbocycles. The van der Waals surface area contributed by atoms with Gasteiger partial charge in [-0.05, 0) is 27.2 Å². The molecule has 0 N–H and O–H groups in total. The summed E-state index contributed by atoms with van der Waals surface area (Å²) in [4.78, 5) is 24.2. The van der Waals surface area contributed by atoms with Gasteiger partial charge in [0.2, 0.25) is 0 Å². The van der Waals surface area contributed by atoms with Crippen molar-refractivity contribution >= 4 is 11.8 Å². The molecule has 2 rings (SSSR count). The summed E-state index contributed by atoms with van der Waals surface area (Å²) in [6.45, 7) is 6.14. The molecule has 15 heavy (non-hydrogen) atoms. The summed E-state index contributed by atoms with van der Waals surface area (Å²) in [6, 6.07) is 0. The molecule has 0 aromatic rings. The number of hydrogen-bond acceptors (Lipinski definition) is 3. The lowest BCUT2D eigenvalue weighted by Gasteiger charge is -2.13. The Labute approximate surface area is 88.9 Å². The Morgan fingerprint density at radius 2 is 2.07 bits per heavy atom. The van der Waals surface area contributed by atoms with Gasteiger partial charge in [0.1, 0.15) is 0 Å². The van der Waals surface area contributed by atoms with E-state index in [0.717, 1.165) is 6.42 Å². The Morgan fingerprint density at radius 1 is 1.47 bits per heavy atom. The zero-order chi connectivity index (χ0) is 11.2. The van der Waals surface area contributed by atoms with Gasteiger partial charge in [0.25, 0.3) is 11.8 Å². The highest BCUT2D eigenvalue weighted by molar-refractivity contribution is 6.15. The number of carbonyl (C=O) groups is 2. The predicted octanol–water partition coefficient (Wildman–Crippen LogP) is 0.869. The van der Waals surface area contributed by atoms with Crippen LogP contribution in [-0.4, -0.2) is 35.0 Å². The van der Waals surface area contributed by atoms with Gasteiger partial charge in [-0.1, -0.05) is 0 Å². The highest BCUT2D eigenvalue weighted by Gasteiger charge is 2.47. The number of hydrogen-bond donors (Lipinski definition) is 0. The molecule has 0 aromatic heterocycles. The van der Waals surface area contributed by atoms with E-state index in [1.807, 2.05) is 13.8 Å². The summed E-state index contributed by atoms with van der Waals surface area (Å²) in [5.74, 6) is -0.366. The lowest BCUT2D eigenvalue weighted by Crippen LogP contribution is -2.32. The molecule has 0 aromatic carbocycles. The fraction of sp³-hybridized carbons (Fsp3) is 0.636. The standard InChI is InChI=1S/C11H15NO3/c1-7-6-9(13)12(10(7)14)5-4-8-11(2,3)15-8/h6,8H,4-5H2,1-3H3. The number of nitrogens with zero attached hydrogens (tertiary/aromatic N) is 1. The summed E-state index contributed by atoms with van der Waals surface area (Å²) in [6.07, 6.45) is 2.30. The van der Waals surface area contributed by atoms with Crippen molar-refractivity contribution in [3.05, 3.63) is 11.6 Å². The smallest absolute Gasteiger partial charge is 0.256 e. The minimum Gasteiger partial charge on any atom is -0.367 e. The van der Waals surface area contributed by atoms with Gasteiger partial charge in [-0.15, -0.1) is 0 Å². The van der Waals surface area contributed by atoms with Crippen molar-refractivity contribution in [1.29, 1.82) is 0 Å². The lowest BCUT2D eigenvalue weighted by molar-refractivity contribution is -0.137. The maximum absolute atomic E-state index is 11.5. The van der Waals surface area contributed by atoms with Crippen molar-refractivity contribution in [1.82, 2.24) is 4.90 Å². The second-order valence-electron chi connectivity index (χ2n) is 4.62. The van der Waals surface area contributed by atoms with Crippen LogP contribution in [0.2, 0.25) is 0 Å². The third-order valence-electron chi connectivity index (χ3n) is 2.97. The highest BCUT2D eigenvalue weighted by Crippen LogP contribution is 2.37. The van der Waals surface area contributed by atoms with E-state index in [4.69, 9.17) is 4.74 Å². The molecule has 0 spiro atoms. The first-order valence-corrected chi connectivity index (χ1v) is 5.14. The highest BCUT2D eigenvalue weighted by atomic mass is 16.6. The number of carbonyl (C=O) groups excluding carboxylic acids is 2. The van der Waals surface area contributed by atoms with Crippen molar-refractivity contribution < 1.29 is 14.3 Å². The van der Waals surface area contributed by atoms with Crippen LogP contribution < -0.4 is 0 Å². The van der Waals surface area contributed by atoms with Crippen LogP contribution in [0.1, 0.15) is 27.2 Å². The lowest BCUT2D eigenvalue weighted by atomic mass is 10.1. The van der Waals surface area contributed by atoms with Crippen molar-refractivity contribution in [3.8, 4) is 0 Å². The molecule has 1 saturated heterocycles. The first-order chi connectivity index (χ1) is 6.92. The Morgan fingerprint density at radius 3 is 2.47 bits per heavy atom. The molecule has 2 aliphatic heterocycles. The quantitative estimate of drug-likeness (QED) is 0.512. The molecule has 4 heteroatoms. The van der Waals surface area contributed by atoms with Crippen LogP contribution in [0.25, 0.3) is 0 Å². The van der Waals surface area contributed by atoms with E-state index in [2.05, 4.69) is 0 Å². The Bertz CT molecular complexity index is 357. The van der Waals surface area contributed by atoms with E-state index in [9.17, 15) is 9.59 Å². The van der Waals surface area contributed by atoms with E-state index >= 15 is 0 Å². The fourth-order valence-corrected chi connectivity index (χ4v) is 1.84. The fourth-order valence-electron chi connectivity index (χ4n) is 1.84. The largest absolute Gasteiger partial charge is 0.367 e. The summed E-state index contributed by atoms with van der Waals surface area (Å²) >= 11 is 0. The SMILES string of the molecule is CC1=CC(=O)N(CCC2OC2(C)C)C1=O. The number of ether oxygens (including phenoxy) is 1. The number of rotatable bonds is 3. The summed E-state index contributed by atoms with van der Waals surface area (Å²) in [7, 11) is 0. The van der Waals surface area contributed by atoms with Crippen molar-refractivity contribution in [2.75, 3.05) is 6.54 Å². The van der Waals surface area contributed by atoms with E-state index in [-0.39, 0.29) is 23.5 Å². The van der Waals surface area contributed by atoms with Crippen LogP contribution in [0.3, 0.4) is 0 Å². The van der Waals surface area contributed by atoms with E-state index in [1.165, 1.54) is 11.0 Å². The van der Waals surface area contributed by atoms with Gasteiger partial charge < -0.3 is 4.74 Å². The van der Waals surface area contributed by atoms with E-state index < -0.39 is 0 Å². The first kappa shape index (κ1) is 10.4. The van der Waals surface area contributed by atoms with Gasteiger partial charge >= 0.3 is 0 Å². The summed E-state index contributed by atoms with van der Waals surface area (Å²) in [5.41, 5.74) is 0.449. The zero-order valence-corrected chi connectivity index (χ0v) is 9.24. The number of imide groups is 1. The number of amides is 2. The topological polar surface area (TPSA) is 49.9 Å². The molecule has 2 amide bonds. The molecule has 0 radical (unpaired) electrons. The van der Waals surface area contributed by atoms with Gasteiger partial charge in [0, 0.05) is 18.2 Å². The second-order valence-corrected chi connectivity index (χ2v) is 4.62. The molecular formula is C11H15NO3. The Balaban J connectivity index is 1.87. The molecule has 0 bridgehead atoms. The predicted molar refractivity (Wildman–Crippen MR) is 54.0 cm³/mol. The zero-order valence-electron chi connectivity index (χ0n) is 9.24. The minimum absolute atomic E-state index is 0.0751. The summed E-state index contributed by atoms with van der Waals surface area (Å²) in [5, 5.41) is 0. The molecule has 1 atom stereocenters. The molecular weight excluding hydrogens is 194 g/mol. The summed E-state index contributed by atoms with van der Waals surface area (Å²) < 4.78 is 5.40. The molecule has 2 aliphatic rings. The molecule has 4 nitrogen and oxygen atoms in total. The molecule has 82 valence electrons. The molecule has 0 saturated carbocycles. The minimum atomic E-state index is -0.198. The average molecular weight is 209 g/mol. The monoisotopic (exact) mass is 209 g/mol. The second kappa shape index (κ2) is 3.17. The van der Waals surface area contributed by atoms with Gasteiger partial charge in [0.05, 0.1) is 11.7 Å². The van der Waals surface area contributed by atoms with Gasteiger partial charge in [-0.25, -0.2) is 0 Å². The van der Waals surface area contributed by atoms with Crippen molar-refractivity contribution in [3.63, 3.8) is 0 Å². The van der Waals surface area contributed by atoms with Gasteiger partial charge in [-0.3, -0.25) is 14.5 Å². The van der Waals surface area contributed by atoms with Gasteiger partial charge in [0.15, 0.2) is 0 Å². The maximum atomic E-state index is 11.5. The molecule has 2 heterocycles. The normalized spacial score (nSPS) is 28.3. The number of epoxide rings is 1. The average Bonchev–Trinajstić information content (AvgIpc) is 2.65. The van der Waals surface area contributed by atoms with Crippen molar-refractivity contribution in [2.45, 2.75) is 38.9 Å². The van der Waals surface area contributed by atoms with Crippen LogP contribution >= 0.6 is 0 Å². The van der Waals surface area contributed by atoms with Crippen molar-refractivity contribution in [2.24, 2.45) is 0 Å². The van der Waals surface area contributed by atoms with E-state index in [1.54, 1.807) is 6.92 Å². The first-order valence-electron chi connectivity index (χ1n) is 5.14.